The first-order valence-electron chi connectivity index (χ1n) is 7.97. The number of rotatable bonds is 3. The summed E-state index contributed by atoms with van der Waals surface area (Å²) < 4.78 is 31.5. The zero-order chi connectivity index (χ0) is 18.9. The lowest BCUT2D eigenvalue weighted by Gasteiger charge is -2.13. The van der Waals surface area contributed by atoms with Gasteiger partial charge in [-0.1, -0.05) is 41.4 Å². The van der Waals surface area contributed by atoms with Gasteiger partial charge in [0.2, 0.25) is 20.6 Å². The number of ether oxygens (including phenoxy) is 1. The van der Waals surface area contributed by atoms with E-state index in [1.807, 2.05) is 26.0 Å². The molecule has 134 valence electrons. The van der Waals surface area contributed by atoms with Crippen molar-refractivity contribution in [3.05, 3.63) is 75.5 Å². The zero-order valence-electron chi connectivity index (χ0n) is 14.2. The van der Waals surface area contributed by atoms with E-state index in [4.69, 9.17) is 16.3 Å². The summed E-state index contributed by atoms with van der Waals surface area (Å²) in [6.07, 6.45) is -0.418. The predicted molar refractivity (Wildman–Crippen MR) is 98.9 cm³/mol. The summed E-state index contributed by atoms with van der Waals surface area (Å²) in [7, 11) is -3.98. The number of aryl methyl sites for hydroxylation is 1. The molecule has 0 radical (unpaired) electrons. The minimum Gasteiger partial charge on any atom is -0.467 e. The molecule has 1 N–H and O–H groups in total. The van der Waals surface area contributed by atoms with E-state index >= 15 is 0 Å². The van der Waals surface area contributed by atoms with Gasteiger partial charge in [-0.2, -0.15) is 5.26 Å². The Morgan fingerprint density at radius 2 is 1.77 bits per heavy atom. The Hall–Kier alpha value is -2.49. The van der Waals surface area contributed by atoms with Crippen molar-refractivity contribution in [1.29, 1.82) is 5.26 Å². The summed E-state index contributed by atoms with van der Waals surface area (Å²) in [4.78, 5) is -0.371. The fourth-order valence-corrected chi connectivity index (χ4v) is 4.07. The Morgan fingerprint density at radius 1 is 1.15 bits per heavy atom. The van der Waals surface area contributed by atoms with Crippen LogP contribution in [0.1, 0.15) is 24.2 Å². The molecule has 2 aromatic carbocycles. The fourth-order valence-electron chi connectivity index (χ4n) is 2.74. The maximum Gasteiger partial charge on any atom is 0.221 e. The van der Waals surface area contributed by atoms with Crippen LogP contribution in [-0.2, 0) is 14.6 Å². The summed E-state index contributed by atoms with van der Waals surface area (Å²) in [5.74, 6) is -0.0273. The molecule has 1 heterocycles. The minimum absolute atomic E-state index is 0.0273. The Morgan fingerprint density at radius 3 is 2.35 bits per heavy atom. The summed E-state index contributed by atoms with van der Waals surface area (Å²) >= 11 is 5.91. The van der Waals surface area contributed by atoms with E-state index < -0.39 is 20.8 Å². The zero-order valence-corrected chi connectivity index (χ0v) is 15.8. The molecule has 0 spiro atoms. The first kappa shape index (κ1) is 18.3. The number of sulfone groups is 1. The number of halogens is 1. The van der Waals surface area contributed by atoms with Gasteiger partial charge in [-0.05, 0) is 43.7 Å². The number of hydrogen-bond acceptors (Lipinski definition) is 5. The van der Waals surface area contributed by atoms with Crippen molar-refractivity contribution in [2.24, 2.45) is 0 Å². The van der Waals surface area contributed by atoms with Crippen LogP contribution in [0.4, 0.5) is 0 Å². The maximum absolute atomic E-state index is 12.8. The number of benzene rings is 2. The molecule has 0 amide bonds. The first-order chi connectivity index (χ1) is 12.3. The summed E-state index contributed by atoms with van der Waals surface area (Å²) in [6, 6.07) is 15.0. The summed E-state index contributed by atoms with van der Waals surface area (Å²) in [5, 5.41) is 13.1. The van der Waals surface area contributed by atoms with Crippen molar-refractivity contribution >= 4 is 21.4 Å². The van der Waals surface area contributed by atoms with Gasteiger partial charge in [-0.25, -0.2) is 8.42 Å². The van der Waals surface area contributed by atoms with Gasteiger partial charge in [0.25, 0.3) is 0 Å². The average Bonchev–Trinajstić information content (AvgIpc) is 2.97. The van der Waals surface area contributed by atoms with E-state index in [2.05, 4.69) is 5.32 Å². The fraction of sp³-hybridized carbons (Fsp3) is 0.211. The van der Waals surface area contributed by atoms with E-state index in [0.717, 1.165) is 11.1 Å². The van der Waals surface area contributed by atoms with Gasteiger partial charge >= 0.3 is 0 Å². The molecule has 2 aromatic rings. The van der Waals surface area contributed by atoms with E-state index in [9.17, 15) is 13.7 Å². The van der Waals surface area contributed by atoms with Crippen LogP contribution < -0.4 is 5.32 Å². The van der Waals surface area contributed by atoms with Crippen LogP contribution in [0, 0.1) is 18.3 Å². The molecule has 0 bridgehead atoms. The molecule has 26 heavy (non-hydrogen) atoms. The Kier molecular flexibility index (Phi) is 4.94. The molecule has 0 aromatic heterocycles. The maximum atomic E-state index is 12.8. The van der Waals surface area contributed by atoms with Gasteiger partial charge in [-0.3, -0.25) is 0 Å². The molecule has 1 aliphatic heterocycles. The van der Waals surface area contributed by atoms with Crippen molar-refractivity contribution in [2.45, 2.75) is 30.9 Å². The molecule has 1 saturated heterocycles. The molecular formula is C19H17ClN2O3S. The van der Waals surface area contributed by atoms with Crippen molar-refractivity contribution in [2.75, 3.05) is 0 Å². The third-order valence-electron chi connectivity index (χ3n) is 4.16. The number of nitrogens with one attached hydrogen (secondary N) is 1. The largest absolute Gasteiger partial charge is 0.467 e. The van der Waals surface area contributed by atoms with Crippen LogP contribution in [-0.4, -0.2) is 14.5 Å². The van der Waals surface area contributed by atoms with E-state index in [1.54, 1.807) is 30.3 Å². The Balaban J connectivity index is 1.99. The lowest BCUT2D eigenvalue weighted by molar-refractivity contribution is 0.154. The number of nitrogens with zero attached hydrogens (tertiary/aromatic N) is 1. The second kappa shape index (κ2) is 7.02. The molecule has 3 rings (SSSR count). The summed E-state index contributed by atoms with van der Waals surface area (Å²) in [6.45, 7) is 3.72. The van der Waals surface area contributed by atoms with Gasteiger partial charge in [0.1, 0.15) is 12.2 Å². The van der Waals surface area contributed by atoms with Crippen molar-refractivity contribution in [3.8, 4) is 6.07 Å². The van der Waals surface area contributed by atoms with Gasteiger partial charge in [0, 0.05) is 5.02 Å². The van der Waals surface area contributed by atoms with Crippen LogP contribution in [0.25, 0.3) is 0 Å². The molecule has 5 nitrogen and oxygen atoms in total. The van der Waals surface area contributed by atoms with Crippen LogP contribution in [0.15, 0.2) is 64.2 Å². The van der Waals surface area contributed by atoms with Gasteiger partial charge in [-0.15, -0.1) is 0 Å². The number of nitriles is 1. The topological polar surface area (TPSA) is 79.2 Å². The number of hydrogen-bond donors (Lipinski definition) is 1. The molecule has 2 atom stereocenters. The molecular weight excluding hydrogens is 372 g/mol. The third-order valence-corrected chi connectivity index (χ3v) is 6.12. The van der Waals surface area contributed by atoms with Gasteiger partial charge in [0.15, 0.2) is 0 Å². The third kappa shape index (κ3) is 3.41. The average molecular weight is 389 g/mol. The quantitative estimate of drug-likeness (QED) is 0.807. The summed E-state index contributed by atoms with van der Waals surface area (Å²) in [5.41, 5.74) is 1.77. The molecule has 0 aliphatic carbocycles. The van der Waals surface area contributed by atoms with Crippen molar-refractivity contribution in [1.82, 2.24) is 5.32 Å². The van der Waals surface area contributed by atoms with Crippen LogP contribution >= 0.6 is 11.6 Å². The number of allylic oxidation sites excluding steroid dienone is 1. The van der Waals surface area contributed by atoms with E-state index in [-0.39, 0.29) is 16.8 Å². The van der Waals surface area contributed by atoms with Gasteiger partial charge in [0.05, 0.1) is 10.9 Å². The molecule has 1 aliphatic rings. The van der Waals surface area contributed by atoms with Gasteiger partial charge < -0.3 is 10.1 Å². The van der Waals surface area contributed by atoms with Crippen molar-refractivity contribution < 1.29 is 13.2 Å². The Labute approximate surface area is 157 Å². The second-order valence-electron chi connectivity index (χ2n) is 6.11. The normalized spacial score (nSPS) is 21.5. The highest BCUT2D eigenvalue weighted by Gasteiger charge is 2.36. The van der Waals surface area contributed by atoms with Crippen LogP contribution in [0.5, 0.6) is 0 Å². The SMILES string of the molecule is Cc1ccc(S(=O)(=O)/C(C#N)=C2/N[C@@H](C)[C@@H](c3ccc(Cl)cc3)O2)cc1. The molecule has 7 heteroatoms. The first-order valence-corrected chi connectivity index (χ1v) is 9.84. The highest BCUT2D eigenvalue weighted by atomic mass is 35.5. The predicted octanol–water partition coefficient (Wildman–Crippen LogP) is 3.86. The second-order valence-corrected chi connectivity index (χ2v) is 8.43. The molecule has 0 saturated carbocycles. The monoisotopic (exact) mass is 388 g/mol. The highest BCUT2D eigenvalue weighted by Crippen LogP contribution is 2.33. The van der Waals surface area contributed by atoms with Crippen molar-refractivity contribution in [3.63, 3.8) is 0 Å². The smallest absolute Gasteiger partial charge is 0.221 e. The Bertz CT molecular complexity index is 991. The standard InChI is InChI=1S/C19H17ClN2O3S/c1-12-3-9-16(10-4-12)26(23,24)17(11-21)19-22-13(2)18(25-19)14-5-7-15(20)8-6-14/h3-10,13,18,22H,1-2H3/b19-17-/t13-,18-/m0/s1. The molecule has 0 unspecified atom stereocenters. The van der Waals surface area contributed by atoms with E-state index in [0.29, 0.717) is 5.02 Å². The minimum atomic E-state index is -3.98. The lowest BCUT2D eigenvalue weighted by Crippen LogP contribution is -2.22. The molecule has 1 fully saturated rings. The lowest BCUT2D eigenvalue weighted by atomic mass is 10.0. The van der Waals surface area contributed by atoms with Crippen LogP contribution in [0.3, 0.4) is 0 Å². The van der Waals surface area contributed by atoms with E-state index in [1.165, 1.54) is 12.1 Å². The highest BCUT2D eigenvalue weighted by molar-refractivity contribution is 7.95. The van der Waals surface area contributed by atoms with Crippen LogP contribution in [0.2, 0.25) is 5.02 Å².